The number of likely N-dealkylation sites (tertiary alicyclic amines) is 1. The van der Waals surface area contributed by atoms with Gasteiger partial charge in [-0.3, -0.25) is 24.0 Å². The number of carbonyl (C=O) groups is 5. The van der Waals surface area contributed by atoms with Crippen molar-refractivity contribution in [2.75, 3.05) is 19.8 Å². The molecule has 2 amide bonds. The Bertz CT molecular complexity index is 1880. The molecule has 7 aliphatic rings. The molecule has 18 heteroatoms. The third-order valence-electron chi connectivity index (χ3n) is 12.5. The highest BCUT2D eigenvalue weighted by atomic mass is 19.4. The molecule has 0 unspecified atom stereocenters. The molecule has 2 bridgehead atoms. The van der Waals surface area contributed by atoms with Gasteiger partial charge in [0.1, 0.15) is 41.5 Å². The van der Waals surface area contributed by atoms with Crippen molar-refractivity contribution in [1.29, 1.82) is 0 Å². The smallest absolute Gasteiger partial charge is 0.422 e. The SMILES string of the molecule is CC(C)(C)OC(=O)CC[C@@H](CO)NC(=O)[C@H]1CCCN1C(=O)[C@@]12C[C@H]3OC(=O)[C@@H]1N(Cc1ccccc1C=CC(=O)OCC(F)(F)F)O[C@@H]2[C@H]1OC(C2CC2)(C2CC2)O[C@H]13. The van der Waals surface area contributed by atoms with Crippen LogP contribution < -0.4 is 5.32 Å². The van der Waals surface area contributed by atoms with Crippen molar-refractivity contribution in [1.82, 2.24) is 15.3 Å². The molecule has 4 heterocycles. The first-order valence-corrected chi connectivity index (χ1v) is 20.9. The second-order valence-electron chi connectivity index (χ2n) is 18.1. The number of ether oxygens (including phenoxy) is 5. The molecule has 15 nitrogen and oxygen atoms in total. The molecule has 0 radical (unpaired) electrons. The number of nitrogens with one attached hydrogen (secondary N) is 1. The molecule has 0 spiro atoms. The fourth-order valence-electron chi connectivity index (χ4n) is 9.75. The molecule has 8 rings (SSSR count). The van der Waals surface area contributed by atoms with Gasteiger partial charge in [-0.25, -0.2) is 4.79 Å². The fraction of sp³-hybridized carbons (Fsp3) is 0.690. The number of rotatable bonds is 14. The van der Waals surface area contributed by atoms with Crippen LogP contribution in [0.3, 0.4) is 0 Å². The normalized spacial score (nSPS) is 31.4. The number of hydrogen-bond donors (Lipinski definition) is 2. The van der Waals surface area contributed by atoms with E-state index in [1.165, 1.54) is 16.0 Å². The van der Waals surface area contributed by atoms with E-state index in [4.69, 9.17) is 23.8 Å². The van der Waals surface area contributed by atoms with Crippen molar-refractivity contribution < 1.29 is 70.8 Å². The van der Waals surface area contributed by atoms with Crippen LogP contribution in [0.25, 0.3) is 6.08 Å². The van der Waals surface area contributed by atoms with Crippen LogP contribution in [-0.2, 0) is 59.0 Å². The first-order valence-electron chi connectivity index (χ1n) is 20.9. The number of esters is 3. The highest BCUT2D eigenvalue weighted by molar-refractivity contribution is 5.96. The Kier molecular flexibility index (Phi) is 11.3. The highest BCUT2D eigenvalue weighted by Crippen LogP contribution is 2.64. The van der Waals surface area contributed by atoms with E-state index in [0.29, 0.717) is 24.0 Å². The third kappa shape index (κ3) is 8.29. The number of aliphatic hydroxyl groups is 1. The number of hydroxylamine groups is 2. The molecule has 3 aliphatic carbocycles. The Morgan fingerprint density at radius 1 is 1.03 bits per heavy atom. The topological polar surface area (TPSA) is 179 Å². The molecule has 4 saturated heterocycles. The van der Waals surface area contributed by atoms with Gasteiger partial charge >= 0.3 is 24.1 Å². The van der Waals surface area contributed by atoms with Gasteiger partial charge in [-0.2, -0.15) is 18.2 Å². The van der Waals surface area contributed by atoms with Crippen molar-refractivity contribution in [2.24, 2.45) is 17.3 Å². The van der Waals surface area contributed by atoms with Gasteiger partial charge in [0.05, 0.1) is 19.2 Å². The monoisotopic (exact) mass is 847 g/mol. The summed E-state index contributed by atoms with van der Waals surface area (Å²) in [5.74, 6) is -3.99. The van der Waals surface area contributed by atoms with Gasteiger partial charge in [0.2, 0.25) is 11.8 Å². The van der Waals surface area contributed by atoms with Gasteiger partial charge in [0.15, 0.2) is 18.4 Å². The van der Waals surface area contributed by atoms with E-state index in [9.17, 15) is 37.5 Å². The lowest BCUT2D eigenvalue weighted by molar-refractivity contribution is -0.235. The van der Waals surface area contributed by atoms with Gasteiger partial charge in [-0.05, 0) is 82.9 Å². The van der Waals surface area contributed by atoms with Crippen LogP contribution in [0.5, 0.6) is 0 Å². The van der Waals surface area contributed by atoms with Gasteiger partial charge in [0.25, 0.3) is 0 Å². The van der Waals surface area contributed by atoms with Crippen LogP contribution in [0.2, 0.25) is 0 Å². The standard InChI is InChI=1S/C42H52F3N3O12/c1-39(2,3)57-31(51)17-15-27(21-49)46-36(52)28-9-6-18-47(28)38(54)40-19-29-32-33(59-42(58-32,25-11-12-25)26-13-14-26)35(40)60-48(34(40)37(53)56-29)20-24-8-5-4-7-23(24)10-16-30(50)55-22-41(43,44)45/h4-5,7-8,10,16,25-29,32-35,49H,6,9,11-15,17-22H2,1-3H3,(H,46,52)/t27-,28+,29+,32-,33-,34-,35+,40-/m0/s1. The molecule has 8 atom stereocenters. The summed E-state index contributed by atoms with van der Waals surface area (Å²) in [6.45, 7) is 3.13. The third-order valence-corrected chi connectivity index (χ3v) is 12.5. The summed E-state index contributed by atoms with van der Waals surface area (Å²) in [5, 5.41) is 14.4. The van der Waals surface area contributed by atoms with Crippen LogP contribution in [0.4, 0.5) is 13.2 Å². The van der Waals surface area contributed by atoms with E-state index in [-0.39, 0.29) is 44.2 Å². The minimum Gasteiger partial charge on any atom is -0.460 e. The van der Waals surface area contributed by atoms with E-state index >= 15 is 4.79 Å². The zero-order chi connectivity index (χ0) is 42.8. The average molecular weight is 848 g/mol. The van der Waals surface area contributed by atoms with E-state index in [1.54, 1.807) is 45.0 Å². The van der Waals surface area contributed by atoms with E-state index in [0.717, 1.165) is 31.8 Å². The number of nitrogens with zero attached hydrogens (tertiary/aromatic N) is 2. The van der Waals surface area contributed by atoms with E-state index < -0.39 is 108 Å². The molecular formula is C42H52F3N3O12. The summed E-state index contributed by atoms with van der Waals surface area (Å²) < 4.78 is 67.6. The quantitative estimate of drug-likeness (QED) is 0.158. The summed E-state index contributed by atoms with van der Waals surface area (Å²) in [4.78, 5) is 76.6. The highest BCUT2D eigenvalue weighted by Gasteiger charge is 2.78. The number of fused-ring (bicyclic) bond motifs is 4. The molecule has 1 aromatic carbocycles. The summed E-state index contributed by atoms with van der Waals surface area (Å²) >= 11 is 0. The Balaban J connectivity index is 1.08. The maximum absolute atomic E-state index is 15.5. The molecule has 2 N–H and O–H groups in total. The Hall–Kier alpha value is -4.10. The summed E-state index contributed by atoms with van der Waals surface area (Å²) in [6.07, 6.45) is -1.38. The van der Waals surface area contributed by atoms with Crippen LogP contribution in [-0.4, -0.2) is 125 Å². The molecule has 0 aromatic heterocycles. The van der Waals surface area contributed by atoms with E-state index in [1.807, 2.05) is 0 Å². The molecule has 4 aliphatic heterocycles. The lowest BCUT2D eigenvalue weighted by Crippen LogP contribution is -2.70. The summed E-state index contributed by atoms with van der Waals surface area (Å²) in [6, 6.07) is 3.66. The van der Waals surface area contributed by atoms with Crippen LogP contribution in [0.1, 0.15) is 89.7 Å². The van der Waals surface area contributed by atoms with Crippen molar-refractivity contribution in [3.8, 4) is 0 Å². The Morgan fingerprint density at radius 2 is 1.73 bits per heavy atom. The fourth-order valence-corrected chi connectivity index (χ4v) is 9.75. The molecule has 3 saturated carbocycles. The van der Waals surface area contributed by atoms with E-state index in [2.05, 4.69) is 10.1 Å². The number of benzene rings is 1. The van der Waals surface area contributed by atoms with Crippen LogP contribution in [0.15, 0.2) is 30.3 Å². The lowest BCUT2D eigenvalue weighted by atomic mass is 9.62. The largest absolute Gasteiger partial charge is 0.460 e. The number of aliphatic hydroxyl groups excluding tert-OH is 1. The molecular weight excluding hydrogens is 795 g/mol. The summed E-state index contributed by atoms with van der Waals surface area (Å²) in [7, 11) is 0. The maximum atomic E-state index is 15.5. The lowest BCUT2D eigenvalue weighted by Gasteiger charge is -2.50. The number of alkyl halides is 3. The van der Waals surface area contributed by atoms with Crippen LogP contribution >= 0.6 is 0 Å². The first-order chi connectivity index (χ1) is 28.4. The van der Waals surface area contributed by atoms with Crippen molar-refractivity contribution >= 4 is 35.8 Å². The zero-order valence-corrected chi connectivity index (χ0v) is 33.8. The zero-order valence-electron chi connectivity index (χ0n) is 33.8. The predicted molar refractivity (Wildman–Crippen MR) is 200 cm³/mol. The Labute approximate surface area is 345 Å². The minimum atomic E-state index is -4.69. The minimum absolute atomic E-state index is 0.0337. The molecule has 60 heavy (non-hydrogen) atoms. The predicted octanol–water partition coefficient (Wildman–Crippen LogP) is 3.50. The van der Waals surface area contributed by atoms with Gasteiger partial charge in [0, 0.05) is 37.3 Å². The number of halogens is 3. The van der Waals surface area contributed by atoms with Crippen molar-refractivity contribution in [3.05, 3.63) is 41.5 Å². The first kappa shape index (κ1) is 42.6. The van der Waals surface area contributed by atoms with Gasteiger partial charge in [-0.15, -0.1) is 0 Å². The second kappa shape index (κ2) is 16.0. The molecule has 1 aromatic rings. The number of amides is 2. The number of hydrogen-bond acceptors (Lipinski definition) is 13. The van der Waals surface area contributed by atoms with Crippen molar-refractivity contribution in [3.63, 3.8) is 0 Å². The molecule has 328 valence electrons. The van der Waals surface area contributed by atoms with Crippen LogP contribution in [0, 0.1) is 17.3 Å². The number of carbonyl (C=O) groups excluding carboxylic acids is 5. The van der Waals surface area contributed by atoms with Gasteiger partial charge < -0.3 is 39.0 Å². The van der Waals surface area contributed by atoms with Gasteiger partial charge in [-0.1, -0.05) is 24.3 Å². The maximum Gasteiger partial charge on any atom is 0.422 e. The van der Waals surface area contributed by atoms with Crippen molar-refractivity contribution in [2.45, 2.75) is 145 Å². The Morgan fingerprint density at radius 3 is 2.40 bits per heavy atom. The molecule has 7 fully saturated rings. The average Bonchev–Trinajstić information content (AvgIpc) is 4.11. The second-order valence-corrected chi connectivity index (χ2v) is 18.1. The summed E-state index contributed by atoms with van der Waals surface area (Å²) in [5.41, 5.74) is -1.36.